The van der Waals surface area contributed by atoms with E-state index in [-0.39, 0.29) is 5.78 Å². The minimum atomic E-state index is -0.673. The molecule has 0 aromatic carbocycles. The summed E-state index contributed by atoms with van der Waals surface area (Å²) in [5, 5.41) is 0.886. The van der Waals surface area contributed by atoms with Crippen LogP contribution in [0.4, 0.5) is 0 Å². The van der Waals surface area contributed by atoms with Crippen molar-refractivity contribution in [3.05, 3.63) is 15.6 Å². The Hall–Kier alpha value is -0.740. The van der Waals surface area contributed by atoms with Crippen molar-refractivity contribution in [3.8, 4) is 0 Å². The van der Waals surface area contributed by atoms with Crippen molar-refractivity contribution in [2.75, 3.05) is 7.11 Å². The number of methoxy groups -OCH3 is 1. The van der Waals surface area contributed by atoms with Crippen LogP contribution >= 0.6 is 11.3 Å². The number of Topliss-reactive ketones (excluding diaryl/α,β-unsaturated/α-hetero) is 1. The Balaban J connectivity index is 2.78. The quantitative estimate of drug-likeness (QED) is 0.795. The zero-order valence-corrected chi connectivity index (χ0v) is 11.4. The number of aromatic nitrogens is 1. The van der Waals surface area contributed by atoms with E-state index in [2.05, 4.69) is 4.98 Å². The van der Waals surface area contributed by atoms with Gasteiger partial charge in [0.1, 0.15) is 10.6 Å². The van der Waals surface area contributed by atoms with Crippen LogP contribution in [-0.2, 0) is 16.0 Å². The molecule has 0 bridgehead atoms. The zero-order valence-electron chi connectivity index (χ0n) is 10.6. The monoisotopic (exact) mass is 241 g/mol. The smallest absolute Gasteiger partial charge is 0.171 e. The molecule has 0 N–H and O–H groups in total. The second-order valence-electron chi connectivity index (χ2n) is 4.14. The topological polar surface area (TPSA) is 39.2 Å². The van der Waals surface area contributed by atoms with E-state index in [0.29, 0.717) is 12.8 Å². The van der Waals surface area contributed by atoms with Gasteiger partial charge in [-0.3, -0.25) is 4.79 Å². The summed E-state index contributed by atoms with van der Waals surface area (Å²) in [5.74, 6) is 0.103. The fourth-order valence-electron chi connectivity index (χ4n) is 1.39. The van der Waals surface area contributed by atoms with E-state index < -0.39 is 5.60 Å². The Morgan fingerprint density at radius 1 is 1.50 bits per heavy atom. The fraction of sp³-hybridized carbons (Fsp3) is 0.667. The number of aryl methyl sites for hydroxylation is 2. The summed E-state index contributed by atoms with van der Waals surface area (Å²) in [6.07, 6.45) is 1.06. The molecule has 1 aromatic rings. The van der Waals surface area contributed by atoms with Crippen LogP contribution in [0.15, 0.2) is 0 Å². The molecule has 0 saturated heterocycles. The summed E-state index contributed by atoms with van der Waals surface area (Å²) < 4.78 is 5.29. The Bertz CT molecular complexity index is 361. The third kappa shape index (κ3) is 2.68. The predicted octanol–water partition coefficient (Wildman–Crippen LogP) is 2.69. The van der Waals surface area contributed by atoms with Gasteiger partial charge in [-0.15, -0.1) is 11.3 Å². The van der Waals surface area contributed by atoms with Gasteiger partial charge in [0.05, 0.1) is 12.1 Å². The molecule has 0 amide bonds. The van der Waals surface area contributed by atoms with Gasteiger partial charge < -0.3 is 4.74 Å². The highest BCUT2D eigenvalue weighted by molar-refractivity contribution is 7.11. The van der Waals surface area contributed by atoms with Crippen molar-refractivity contribution < 1.29 is 9.53 Å². The molecular formula is C12H19NO2S. The Morgan fingerprint density at radius 3 is 2.50 bits per heavy atom. The van der Waals surface area contributed by atoms with Crippen molar-refractivity contribution in [3.63, 3.8) is 0 Å². The molecular weight excluding hydrogens is 222 g/mol. The third-order valence-corrected chi connectivity index (χ3v) is 4.17. The highest BCUT2D eigenvalue weighted by Crippen LogP contribution is 2.22. The molecule has 90 valence electrons. The van der Waals surface area contributed by atoms with Crippen molar-refractivity contribution in [1.29, 1.82) is 0 Å². The maximum absolute atomic E-state index is 12.1. The van der Waals surface area contributed by atoms with E-state index in [1.807, 2.05) is 27.7 Å². The van der Waals surface area contributed by atoms with E-state index in [4.69, 9.17) is 4.74 Å². The molecule has 0 saturated carbocycles. The highest BCUT2D eigenvalue weighted by atomic mass is 32.1. The van der Waals surface area contributed by atoms with Crippen LogP contribution in [0.25, 0.3) is 0 Å². The van der Waals surface area contributed by atoms with Gasteiger partial charge in [-0.25, -0.2) is 4.98 Å². The number of carbonyl (C=O) groups is 1. The van der Waals surface area contributed by atoms with Crippen molar-refractivity contribution in [1.82, 2.24) is 4.98 Å². The highest BCUT2D eigenvalue weighted by Gasteiger charge is 2.31. The Morgan fingerprint density at radius 2 is 2.12 bits per heavy atom. The Labute approximate surface area is 101 Å². The van der Waals surface area contributed by atoms with E-state index in [1.165, 1.54) is 4.88 Å². The summed E-state index contributed by atoms with van der Waals surface area (Å²) in [6, 6.07) is 0. The lowest BCUT2D eigenvalue weighted by atomic mass is 9.95. The molecule has 1 heterocycles. The van der Waals surface area contributed by atoms with Crippen molar-refractivity contribution in [2.45, 2.75) is 46.1 Å². The van der Waals surface area contributed by atoms with Gasteiger partial charge in [-0.05, 0) is 27.2 Å². The molecule has 0 aliphatic rings. The first-order valence-corrected chi connectivity index (χ1v) is 6.26. The summed E-state index contributed by atoms with van der Waals surface area (Å²) in [5.41, 5.74) is 0.344. The first-order valence-electron chi connectivity index (χ1n) is 5.44. The molecule has 16 heavy (non-hydrogen) atoms. The maximum atomic E-state index is 12.1. The molecule has 0 radical (unpaired) electrons. The fourth-order valence-corrected chi connectivity index (χ4v) is 2.33. The van der Waals surface area contributed by atoms with E-state index >= 15 is 0 Å². The minimum absolute atomic E-state index is 0.103. The molecule has 3 nitrogen and oxygen atoms in total. The van der Waals surface area contributed by atoms with Gasteiger partial charge in [-0.1, -0.05) is 6.92 Å². The van der Waals surface area contributed by atoms with Gasteiger partial charge in [0.2, 0.25) is 0 Å². The summed E-state index contributed by atoms with van der Waals surface area (Å²) >= 11 is 1.59. The number of carbonyl (C=O) groups excluding carboxylic acids is 1. The van der Waals surface area contributed by atoms with Gasteiger partial charge in [0, 0.05) is 12.0 Å². The molecule has 0 spiro atoms. The number of hydrogen-bond donors (Lipinski definition) is 0. The third-order valence-electron chi connectivity index (χ3n) is 3.10. The molecule has 1 aromatic heterocycles. The lowest BCUT2D eigenvalue weighted by molar-refractivity contribution is -0.138. The number of ketones is 1. The zero-order chi connectivity index (χ0) is 12.3. The van der Waals surface area contributed by atoms with Crippen molar-refractivity contribution in [2.24, 2.45) is 0 Å². The second kappa shape index (κ2) is 5.06. The average Bonchev–Trinajstić information content (AvgIpc) is 2.56. The first kappa shape index (κ1) is 13.3. The maximum Gasteiger partial charge on any atom is 0.171 e. The number of thiazole rings is 1. The number of nitrogens with zero attached hydrogens (tertiary/aromatic N) is 1. The van der Waals surface area contributed by atoms with E-state index in [0.717, 1.165) is 10.7 Å². The molecule has 4 heteroatoms. The summed E-state index contributed by atoms with van der Waals surface area (Å²) in [7, 11) is 1.58. The van der Waals surface area contributed by atoms with Crippen LogP contribution in [0.2, 0.25) is 0 Å². The largest absolute Gasteiger partial charge is 0.371 e. The SMILES string of the molecule is CCC(C)(OC)C(=O)Cc1nc(C)c(C)s1. The van der Waals surface area contributed by atoms with Gasteiger partial charge in [-0.2, -0.15) is 0 Å². The number of hydrogen-bond acceptors (Lipinski definition) is 4. The predicted molar refractivity (Wildman–Crippen MR) is 66.0 cm³/mol. The average molecular weight is 241 g/mol. The molecule has 0 aliphatic carbocycles. The second-order valence-corrected chi connectivity index (χ2v) is 5.43. The molecule has 1 atom stereocenters. The van der Waals surface area contributed by atoms with Gasteiger partial charge in [0.15, 0.2) is 5.78 Å². The summed E-state index contributed by atoms with van der Waals surface area (Å²) in [4.78, 5) is 17.6. The van der Waals surface area contributed by atoms with Crippen LogP contribution in [0.3, 0.4) is 0 Å². The number of rotatable bonds is 5. The van der Waals surface area contributed by atoms with Crippen LogP contribution in [-0.4, -0.2) is 23.5 Å². The van der Waals surface area contributed by atoms with E-state index in [9.17, 15) is 4.79 Å². The first-order chi connectivity index (χ1) is 7.42. The van der Waals surface area contributed by atoms with E-state index in [1.54, 1.807) is 18.4 Å². The van der Waals surface area contributed by atoms with Gasteiger partial charge in [0.25, 0.3) is 0 Å². The standard InChI is InChI=1S/C12H19NO2S/c1-6-12(4,15-5)10(14)7-11-13-8(2)9(3)16-11/h6-7H2,1-5H3. The van der Waals surface area contributed by atoms with Crippen LogP contribution in [0, 0.1) is 13.8 Å². The number of ether oxygens (including phenoxy) is 1. The van der Waals surface area contributed by atoms with Crippen LogP contribution < -0.4 is 0 Å². The lowest BCUT2D eigenvalue weighted by Crippen LogP contribution is -2.37. The molecule has 0 fully saturated rings. The molecule has 1 rings (SSSR count). The minimum Gasteiger partial charge on any atom is -0.371 e. The van der Waals surface area contributed by atoms with Gasteiger partial charge >= 0.3 is 0 Å². The van der Waals surface area contributed by atoms with Crippen molar-refractivity contribution >= 4 is 17.1 Å². The van der Waals surface area contributed by atoms with Crippen LogP contribution in [0.5, 0.6) is 0 Å². The lowest BCUT2D eigenvalue weighted by Gasteiger charge is -2.24. The van der Waals surface area contributed by atoms with Crippen LogP contribution in [0.1, 0.15) is 35.8 Å². The molecule has 0 aliphatic heterocycles. The molecule has 1 unspecified atom stereocenters. The Kier molecular flexibility index (Phi) is 4.21. The normalized spacial score (nSPS) is 14.8. The summed E-state index contributed by atoms with van der Waals surface area (Å²) in [6.45, 7) is 7.79.